The molecule has 4 aliphatic rings. The molecule has 0 N–H and O–H groups in total. The molecule has 11 heteroatoms. The molecule has 4 saturated heterocycles. The molecule has 0 aliphatic carbocycles. The zero-order valence-electron chi connectivity index (χ0n) is 30.8. The number of ether oxygens (including phenoxy) is 3. The fourth-order valence-corrected chi connectivity index (χ4v) is 17.7. The van der Waals surface area contributed by atoms with E-state index in [2.05, 4.69) is 81.1 Å². The molecule has 5 rings (SSSR count). The first kappa shape index (κ1) is 37.6. The number of hydrogen-bond acceptors (Lipinski definition) is 9. The minimum atomic E-state index is -2.66. The molecule has 5 heterocycles. The molecule has 0 saturated carbocycles. The summed E-state index contributed by atoms with van der Waals surface area (Å²) in [7, 11) is -4.63. The second-order valence-electron chi connectivity index (χ2n) is 16.7. The summed E-state index contributed by atoms with van der Waals surface area (Å²) in [5.41, 5.74) is 0. The Morgan fingerprint density at radius 1 is 0.979 bits per heavy atom. The highest BCUT2D eigenvalue weighted by atomic mass is 32.2. The van der Waals surface area contributed by atoms with Gasteiger partial charge >= 0.3 is 8.56 Å². The maximum absolute atomic E-state index is 13.6. The molecule has 4 aliphatic heterocycles. The molecule has 1 unspecified atom stereocenters. The van der Waals surface area contributed by atoms with Gasteiger partial charge in [0.2, 0.25) is 0 Å². The van der Waals surface area contributed by atoms with Crippen LogP contribution in [0.5, 0.6) is 0 Å². The highest BCUT2D eigenvalue weighted by molar-refractivity contribution is 8.13. The van der Waals surface area contributed by atoms with Gasteiger partial charge in [-0.2, -0.15) is 0 Å². The number of pyridine rings is 1. The normalized spacial score (nSPS) is 36.1. The van der Waals surface area contributed by atoms with Crippen LogP contribution in [0.25, 0.3) is 0 Å². The van der Waals surface area contributed by atoms with Crippen molar-refractivity contribution in [2.45, 2.75) is 177 Å². The van der Waals surface area contributed by atoms with Gasteiger partial charge in [-0.15, -0.1) is 0 Å². The van der Waals surface area contributed by atoms with Crippen LogP contribution < -0.4 is 0 Å². The predicted octanol–water partition coefficient (Wildman–Crippen LogP) is 8.64. The van der Waals surface area contributed by atoms with Crippen LogP contribution in [0, 0.1) is 11.8 Å². The van der Waals surface area contributed by atoms with E-state index in [9.17, 15) is 4.79 Å². The van der Waals surface area contributed by atoms with Gasteiger partial charge in [-0.25, -0.2) is 4.98 Å². The van der Waals surface area contributed by atoms with Crippen molar-refractivity contribution in [2.24, 2.45) is 11.8 Å². The van der Waals surface area contributed by atoms with Crippen molar-refractivity contribution in [1.82, 2.24) is 4.98 Å². The van der Waals surface area contributed by atoms with E-state index in [4.69, 9.17) is 27.5 Å². The lowest BCUT2D eigenvalue weighted by molar-refractivity contribution is -0.375. The van der Waals surface area contributed by atoms with E-state index in [0.29, 0.717) is 18.1 Å². The van der Waals surface area contributed by atoms with Crippen molar-refractivity contribution in [3.05, 3.63) is 24.4 Å². The summed E-state index contributed by atoms with van der Waals surface area (Å²) in [4.78, 5) is 17.9. The average Bonchev–Trinajstić information content (AvgIpc) is 2.99. The van der Waals surface area contributed by atoms with Crippen molar-refractivity contribution in [3.8, 4) is 0 Å². The number of carbonyl (C=O) groups is 1. The Bertz CT molecular complexity index is 1200. The molecule has 1 aromatic heterocycles. The average molecular weight is 708 g/mol. The van der Waals surface area contributed by atoms with Gasteiger partial charge in [0.15, 0.2) is 19.2 Å². The highest BCUT2D eigenvalue weighted by Gasteiger charge is 2.64. The SMILES string of the molecule is CC[Si](CC)(CC)O[C@@H]1[C@H](CC(=O)Sc2ccccn2)OC2(C[C@H](C)[C@@H]3O[C@@H]4CO[Si](C(C)(C)C)(C(C)(C)C)O[C@@H]4C[C@@H]3O2)C[C@@H]1C. The highest BCUT2D eigenvalue weighted by Crippen LogP contribution is 2.56. The van der Waals surface area contributed by atoms with Crippen molar-refractivity contribution in [1.29, 1.82) is 0 Å². The summed E-state index contributed by atoms with van der Waals surface area (Å²) in [6, 6.07) is 8.80. The maximum Gasteiger partial charge on any atom is 0.349 e. The minimum absolute atomic E-state index is 0.0372. The van der Waals surface area contributed by atoms with Crippen LogP contribution in [0.1, 0.15) is 102 Å². The molecule has 0 radical (unpaired) electrons. The lowest BCUT2D eigenvalue weighted by atomic mass is 9.78. The van der Waals surface area contributed by atoms with Crippen molar-refractivity contribution >= 4 is 33.8 Å². The molecular formula is C36H61NO7SSi2. The Balaban J connectivity index is 1.39. The van der Waals surface area contributed by atoms with E-state index in [1.54, 1.807) is 6.20 Å². The van der Waals surface area contributed by atoms with Gasteiger partial charge in [0, 0.05) is 42.0 Å². The lowest BCUT2D eigenvalue weighted by Gasteiger charge is -2.60. The monoisotopic (exact) mass is 707 g/mol. The van der Waals surface area contributed by atoms with Crippen molar-refractivity contribution in [3.63, 3.8) is 0 Å². The molecule has 0 bridgehead atoms. The number of thioether (sulfide) groups is 1. The summed E-state index contributed by atoms with van der Waals surface area (Å²) in [6.07, 6.45) is 3.19. The topological polar surface area (TPSA) is 85.3 Å². The first-order valence-electron chi connectivity index (χ1n) is 18.1. The molecule has 1 spiro atoms. The third kappa shape index (κ3) is 7.54. The van der Waals surface area contributed by atoms with Gasteiger partial charge in [-0.1, -0.05) is 82.2 Å². The van der Waals surface area contributed by atoms with Gasteiger partial charge in [0.1, 0.15) is 11.1 Å². The number of fused-ring (bicyclic) bond motifs is 2. The number of aromatic nitrogens is 1. The molecule has 4 fully saturated rings. The van der Waals surface area contributed by atoms with Crippen LogP contribution >= 0.6 is 11.8 Å². The van der Waals surface area contributed by atoms with Gasteiger partial charge < -0.3 is 27.5 Å². The largest absolute Gasteiger partial charge is 0.411 e. The van der Waals surface area contributed by atoms with Gasteiger partial charge in [0.25, 0.3) is 0 Å². The van der Waals surface area contributed by atoms with E-state index in [1.165, 1.54) is 11.8 Å². The summed E-state index contributed by atoms with van der Waals surface area (Å²) in [5, 5.41) is 0.531. The van der Waals surface area contributed by atoms with Crippen LogP contribution in [0.4, 0.5) is 0 Å². The molecule has 1 aromatic rings. The standard InChI is InChI=1S/C36H61NO7SSi2/c1-12-46(13-2,14-3)44-33-25(5)22-36(42-28(33)20-31(38)45-30-17-15-16-18-37-30)21-24(4)32-27(41-36)19-26-29(40-32)23-39-47(43-26,34(6,7)8)35(9,10)11/h15-18,24-29,32-33H,12-14,19-23H2,1-11H3/t24-,25-,26+,27-,28-,29+,32-,33-,36?/m0/s1. The van der Waals surface area contributed by atoms with Gasteiger partial charge in [-0.3, -0.25) is 4.79 Å². The maximum atomic E-state index is 13.6. The molecule has 9 atom stereocenters. The minimum Gasteiger partial charge on any atom is -0.411 e. The smallest absolute Gasteiger partial charge is 0.349 e. The first-order valence-corrected chi connectivity index (χ1v) is 23.3. The first-order chi connectivity index (χ1) is 22.0. The molecule has 0 aromatic carbocycles. The summed E-state index contributed by atoms with van der Waals surface area (Å²) in [5.74, 6) is -0.428. The Hall–Kier alpha value is -0.636. The van der Waals surface area contributed by atoms with Crippen molar-refractivity contribution in [2.75, 3.05) is 6.61 Å². The summed E-state index contributed by atoms with van der Waals surface area (Å²) < 4.78 is 42.0. The lowest BCUT2D eigenvalue weighted by Crippen LogP contribution is -2.69. The van der Waals surface area contributed by atoms with E-state index in [1.807, 2.05) is 18.2 Å². The van der Waals surface area contributed by atoms with Crippen LogP contribution in [0.3, 0.4) is 0 Å². The quantitative estimate of drug-likeness (QED) is 0.195. The molecule has 8 nitrogen and oxygen atoms in total. The number of hydrogen-bond donors (Lipinski definition) is 0. The number of nitrogens with zero attached hydrogens (tertiary/aromatic N) is 1. The third-order valence-corrected chi connectivity index (χ3v) is 22.0. The van der Waals surface area contributed by atoms with E-state index < -0.39 is 28.8 Å². The second kappa shape index (κ2) is 14.2. The Morgan fingerprint density at radius 2 is 1.64 bits per heavy atom. The van der Waals surface area contributed by atoms with Crippen molar-refractivity contribution < 1.29 is 32.3 Å². The van der Waals surface area contributed by atoms with E-state index in [0.717, 1.165) is 31.0 Å². The zero-order chi connectivity index (χ0) is 34.4. The second-order valence-corrected chi connectivity index (χ2v) is 27.3. The fraction of sp³-hybridized carbons (Fsp3) is 0.833. The van der Waals surface area contributed by atoms with Gasteiger partial charge in [-0.05, 0) is 53.9 Å². The Kier molecular flexibility index (Phi) is 11.3. The summed E-state index contributed by atoms with van der Waals surface area (Å²) in [6.45, 7) is 25.4. The zero-order valence-corrected chi connectivity index (χ0v) is 33.6. The molecule has 47 heavy (non-hydrogen) atoms. The molecular weight excluding hydrogens is 647 g/mol. The van der Waals surface area contributed by atoms with E-state index >= 15 is 0 Å². The van der Waals surface area contributed by atoms with Crippen LogP contribution in [-0.2, 0) is 32.3 Å². The Labute approximate surface area is 290 Å². The van der Waals surface area contributed by atoms with Crippen LogP contribution in [-0.4, -0.2) is 76.0 Å². The van der Waals surface area contributed by atoms with Crippen LogP contribution in [0.2, 0.25) is 28.2 Å². The fourth-order valence-electron chi connectivity index (χ4n) is 9.01. The van der Waals surface area contributed by atoms with Crippen LogP contribution in [0.15, 0.2) is 29.4 Å². The molecule has 266 valence electrons. The summed E-state index contributed by atoms with van der Waals surface area (Å²) >= 11 is 1.19. The number of carbonyl (C=O) groups excluding carboxylic acids is 1. The molecule has 0 amide bonds. The number of rotatable bonds is 8. The predicted molar refractivity (Wildman–Crippen MR) is 191 cm³/mol. The third-order valence-electron chi connectivity index (χ3n) is 11.4. The van der Waals surface area contributed by atoms with Gasteiger partial charge in [0.05, 0.1) is 37.1 Å². The Morgan fingerprint density at radius 3 is 2.23 bits per heavy atom. The van der Waals surface area contributed by atoms with E-state index in [-0.39, 0.29) is 64.0 Å².